The van der Waals surface area contributed by atoms with Crippen LogP contribution in [0.1, 0.15) is 58.9 Å². The van der Waals surface area contributed by atoms with Crippen molar-refractivity contribution in [3.63, 3.8) is 0 Å². The van der Waals surface area contributed by atoms with E-state index < -0.39 is 18.5 Å². The fraction of sp³-hybridized carbons (Fsp3) is 0.240. The number of ketones is 1. The molecule has 2 aromatic carbocycles. The summed E-state index contributed by atoms with van der Waals surface area (Å²) in [6.07, 6.45) is 0.954. The lowest BCUT2D eigenvalue weighted by atomic mass is 10.1. The molecule has 0 bridgehead atoms. The Morgan fingerprint density at radius 1 is 0.968 bits per heavy atom. The highest BCUT2D eigenvalue weighted by molar-refractivity contribution is 5.94. The number of carbonyl (C=O) groups is 3. The predicted molar refractivity (Wildman–Crippen MR) is 117 cm³/mol. The zero-order chi connectivity index (χ0) is 22.4. The minimum absolute atomic E-state index is 0.00153. The van der Waals surface area contributed by atoms with E-state index in [4.69, 9.17) is 9.15 Å². The van der Waals surface area contributed by atoms with E-state index in [1.165, 1.54) is 18.6 Å². The van der Waals surface area contributed by atoms with Gasteiger partial charge in [0.25, 0.3) is 5.91 Å². The van der Waals surface area contributed by atoms with Crippen LogP contribution in [0.25, 0.3) is 11.3 Å². The number of esters is 1. The van der Waals surface area contributed by atoms with Crippen molar-refractivity contribution in [1.29, 1.82) is 0 Å². The topological polar surface area (TPSA) is 85.6 Å². The third-order valence-electron chi connectivity index (χ3n) is 4.98. The highest BCUT2D eigenvalue weighted by Crippen LogP contribution is 2.23. The number of aryl methyl sites for hydroxylation is 1. The second-order valence-electron chi connectivity index (χ2n) is 7.26. The van der Waals surface area contributed by atoms with Crippen molar-refractivity contribution in [2.75, 3.05) is 6.61 Å². The van der Waals surface area contributed by atoms with Gasteiger partial charge in [0.2, 0.25) is 5.76 Å². The number of Topliss-reactive ketones (excluding diaryl/α,β-unsaturated/α-hetero) is 1. The number of nitrogens with one attached hydrogen (secondary N) is 1. The molecule has 0 saturated heterocycles. The van der Waals surface area contributed by atoms with Crippen molar-refractivity contribution in [2.24, 2.45) is 0 Å². The van der Waals surface area contributed by atoms with Crippen LogP contribution in [-0.2, 0) is 16.0 Å². The van der Waals surface area contributed by atoms with E-state index in [0.717, 1.165) is 17.5 Å². The van der Waals surface area contributed by atoms with Crippen LogP contribution in [0.4, 0.5) is 0 Å². The summed E-state index contributed by atoms with van der Waals surface area (Å²) >= 11 is 0. The molecule has 0 fully saturated rings. The van der Waals surface area contributed by atoms with E-state index in [1.54, 1.807) is 30.3 Å². The van der Waals surface area contributed by atoms with Gasteiger partial charge in [-0.25, -0.2) is 4.79 Å². The molecule has 0 aliphatic carbocycles. The van der Waals surface area contributed by atoms with Crippen LogP contribution in [0.2, 0.25) is 0 Å². The number of hydrogen-bond acceptors (Lipinski definition) is 5. The molecule has 0 unspecified atom stereocenters. The Morgan fingerprint density at radius 2 is 1.65 bits per heavy atom. The average Bonchev–Trinajstić information content (AvgIpc) is 3.28. The van der Waals surface area contributed by atoms with Gasteiger partial charge in [-0.2, -0.15) is 0 Å². The normalized spacial score (nSPS) is 11.6. The lowest BCUT2D eigenvalue weighted by Gasteiger charge is -2.14. The van der Waals surface area contributed by atoms with Gasteiger partial charge in [-0.1, -0.05) is 55.5 Å². The summed E-state index contributed by atoms with van der Waals surface area (Å²) < 4.78 is 10.6. The largest absolute Gasteiger partial charge is 0.450 e. The van der Waals surface area contributed by atoms with Crippen LogP contribution in [0.15, 0.2) is 65.1 Å². The van der Waals surface area contributed by atoms with Crippen molar-refractivity contribution in [1.82, 2.24) is 5.32 Å². The Labute approximate surface area is 181 Å². The first-order valence-electron chi connectivity index (χ1n) is 10.1. The van der Waals surface area contributed by atoms with Gasteiger partial charge in [-0.05, 0) is 43.5 Å². The molecular formula is C25H25NO5. The lowest BCUT2D eigenvalue weighted by molar-refractivity contribution is -0.124. The van der Waals surface area contributed by atoms with Gasteiger partial charge in [-0.3, -0.25) is 9.59 Å². The maximum Gasteiger partial charge on any atom is 0.374 e. The molecule has 1 aromatic heterocycles. The molecule has 1 amide bonds. The molecule has 1 N–H and O–H groups in total. The van der Waals surface area contributed by atoms with Crippen molar-refractivity contribution >= 4 is 17.7 Å². The number of rotatable bonds is 8. The first kappa shape index (κ1) is 22.0. The smallest absolute Gasteiger partial charge is 0.374 e. The number of carbonyl (C=O) groups excluding carboxylic acids is 3. The van der Waals surface area contributed by atoms with Crippen molar-refractivity contribution in [2.45, 2.75) is 33.2 Å². The summed E-state index contributed by atoms with van der Waals surface area (Å²) in [5, 5.41) is 2.81. The second kappa shape index (κ2) is 9.89. The summed E-state index contributed by atoms with van der Waals surface area (Å²) in [5.74, 6) is -0.674. The van der Waals surface area contributed by atoms with Crippen molar-refractivity contribution in [3.8, 4) is 11.3 Å². The zero-order valence-electron chi connectivity index (χ0n) is 17.8. The van der Waals surface area contributed by atoms with Gasteiger partial charge in [0.05, 0.1) is 6.04 Å². The molecule has 3 rings (SSSR count). The molecule has 0 spiro atoms. The third-order valence-corrected chi connectivity index (χ3v) is 4.98. The lowest BCUT2D eigenvalue weighted by Crippen LogP contribution is -2.31. The van der Waals surface area contributed by atoms with Crippen molar-refractivity contribution < 1.29 is 23.5 Å². The molecule has 0 aliphatic rings. The summed E-state index contributed by atoms with van der Waals surface area (Å²) in [5.41, 5.74) is 3.52. The molecule has 1 heterocycles. The molecule has 0 aliphatic heterocycles. The minimum Gasteiger partial charge on any atom is -0.450 e. The average molecular weight is 419 g/mol. The molecule has 0 radical (unpaired) electrons. The van der Waals surface area contributed by atoms with E-state index in [2.05, 4.69) is 12.2 Å². The fourth-order valence-corrected chi connectivity index (χ4v) is 3.08. The summed E-state index contributed by atoms with van der Waals surface area (Å²) in [7, 11) is 0. The molecule has 0 saturated carbocycles. The summed E-state index contributed by atoms with van der Waals surface area (Å²) in [6.45, 7) is 5.05. The number of furan rings is 1. The van der Waals surface area contributed by atoms with Gasteiger partial charge in [0.1, 0.15) is 5.76 Å². The van der Waals surface area contributed by atoms with Gasteiger partial charge in [-0.15, -0.1) is 0 Å². The van der Waals surface area contributed by atoms with Crippen LogP contribution in [0, 0.1) is 0 Å². The van der Waals surface area contributed by atoms with E-state index in [0.29, 0.717) is 11.3 Å². The van der Waals surface area contributed by atoms with Gasteiger partial charge >= 0.3 is 5.97 Å². The van der Waals surface area contributed by atoms with Crippen LogP contribution in [-0.4, -0.2) is 24.3 Å². The molecule has 1 atom stereocenters. The Balaban J connectivity index is 1.53. The Kier molecular flexibility index (Phi) is 7.03. The number of ether oxygens (including phenoxy) is 1. The highest BCUT2D eigenvalue weighted by Gasteiger charge is 2.17. The third kappa shape index (κ3) is 5.69. The standard InChI is InChI=1S/C25H25NO5/c1-4-18-5-7-19(8-6-18)16(2)26-24(28)15-30-25(29)23-14-13-22(31-23)21-11-9-20(10-12-21)17(3)27/h5-14,16H,4,15H2,1-3H3,(H,26,28)/t16-/m0/s1. The molecule has 6 heteroatoms. The number of hydrogen-bond donors (Lipinski definition) is 1. The van der Waals surface area contributed by atoms with E-state index in [1.807, 2.05) is 31.2 Å². The highest BCUT2D eigenvalue weighted by atomic mass is 16.5. The SMILES string of the molecule is CCc1ccc([C@H](C)NC(=O)COC(=O)c2ccc(-c3ccc(C(C)=O)cc3)o2)cc1. The molecule has 160 valence electrons. The van der Waals surface area contributed by atoms with E-state index >= 15 is 0 Å². The van der Waals surface area contributed by atoms with Gasteiger partial charge in [0, 0.05) is 11.1 Å². The van der Waals surface area contributed by atoms with E-state index in [-0.39, 0.29) is 17.6 Å². The molecule has 3 aromatic rings. The fourth-order valence-electron chi connectivity index (χ4n) is 3.08. The molecule has 6 nitrogen and oxygen atoms in total. The first-order chi connectivity index (χ1) is 14.9. The first-order valence-corrected chi connectivity index (χ1v) is 10.1. The van der Waals surface area contributed by atoms with Crippen LogP contribution < -0.4 is 5.32 Å². The maximum atomic E-state index is 12.2. The Hall–Kier alpha value is -3.67. The molecular weight excluding hydrogens is 394 g/mol. The van der Waals surface area contributed by atoms with Crippen LogP contribution in [0.3, 0.4) is 0 Å². The maximum absolute atomic E-state index is 12.2. The molecule has 31 heavy (non-hydrogen) atoms. The monoisotopic (exact) mass is 419 g/mol. The Bertz CT molecular complexity index is 1060. The summed E-state index contributed by atoms with van der Waals surface area (Å²) in [4.78, 5) is 35.7. The van der Waals surface area contributed by atoms with Crippen molar-refractivity contribution in [3.05, 3.63) is 83.1 Å². The van der Waals surface area contributed by atoms with Gasteiger partial charge < -0.3 is 14.5 Å². The van der Waals surface area contributed by atoms with Gasteiger partial charge in [0.15, 0.2) is 12.4 Å². The predicted octanol–water partition coefficient (Wildman–Crippen LogP) is 4.75. The quantitative estimate of drug-likeness (QED) is 0.421. The van der Waals surface area contributed by atoms with Crippen LogP contribution in [0.5, 0.6) is 0 Å². The number of amides is 1. The summed E-state index contributed by atoms with van der Waals surface area (Å²) in [6, 6.07) is 17.8. The minimum atomic E-state index is -0.721. The zero-order valence-corrected chi connectivity index (χ0v) is 17.8. The second-order valence-corrected chi connectivity index (χ2v) is 7.26. The number of benzene rings is 2. The van der Waals surface area contributed by atoms with Crippen LogP contribution >= 0.6 is 0 Å². The van der Waals surface area contributed by atoms with E-state index in [9.17, 15) is 14.4 Å². The Morgan fingerprint density at radius 3 is 2.26 bits per heavy atom.